The van der Waals surface area contributed by atoms with Crippen LogP contribution < -0.4 is 5.32 Å². The van der Waals surface area contributed by atoms with Gasteiger partial charge in [0.2, 0.25) is 10.0 Å². The molecule has 1 aromatic heterocycles. The Morgan fingerprint density at radius 2 is 2.05 bits per heavy atom. The number of hydrogen-bond donors (Lipinski definition) is 2. The SMILES string of the molecule is O=S1CCN(S(=O)(=O)c2c[nH]c(CNC3CC3)c2)CC1. The molecule has 0 aromatic carbocycles. The summed E-state index contributed by atoms with van der Waals surface area (Å²) in [7, 11) is -4.32. The molecule has 1 saturated heterocycles. The van der Waals surface area contributed by atoms with E-state index in [1.54, 1.807) is 12.3 Å². The zero-order chi connectivity index (χ0) is 14.2. The van der Waals surface area contributed by atoms with Crippen LogP contribution in [0.5, 0.6) is 0 Å². The molecule has 2 aliphatic rings. The molecule has 3 rings (SSSR count). The standard InChI is InChI=1S/C12H19N3O3S2/c16-19-5-3-15(4-6-19)20(17,18)12-7-11(14-9-12)8-13-10-1-2-10/h7,9-10,13-14H,1-6,8H2. The summed E-state index contributed by atoms with van der Waals surface area (Å²) in [6.45, 7) is 1.36. The molecule has 0 unspecified atom stereocenters. The monoisotopic (exact) mass is 317 g/mol. The Morgan fingerprint density at radius 1 is 1.35 bits per heavy atom. The third-order valence-electron chi connectivity index (χ3n) is 3.65. The van der Waals surface area contributed by atoms with E-state index in [4.69, 9.17) is 0 Å². The molecular formula is C12H19N3O3S2. The summed E-state index contributed by atoms with van der Waals surface area (Å²) in [6.07, 6.45) is 3.96. The van der Waals surface area contributed by atoms with Gasteiger partial charge in [-0.15, -0.1) is 0 Å². The molecule has 6 nitrogen and oxygen atoms in total. The second-order valence-corrected chi connectivity index (χ2v) is 8.90. The van der Waals surface area contributed by atoms with E-state index in [1.807, 2.05) is 0 Å². The van der Waals surface area contributed by atoms with Crippen molar-refractivity contribution in [3.8, 4) is 0 Å². The number of nitrogens with one attached hydrogen (secondary N) is 2. The first kappa shape index (κ1) is 14.2. The number of aromatic nitrogens is 1. The van der Waals surface area contributed by atoms with Crippen LogP contribution in [0.15, 0.2) is 17.2 Å². The zero-order valence-electron chi connectivity index (χ0n) is 11.2. The summed E-state index contributed by atoms with van der Waals surface area (Å²) < 4.78 is 37.6. The molecule has 2 N–H and O–H groups in total. The van der Waals surface area contributed by atoms with Crippen LogP contribution in [-0.2, 0) is 27.4 Å². The third kappa shape index (κ3) is 3.13. The quantitative estimate of drug-likeness (QED) is 0.802. The predicted molar refractivity (Wildman–Crippen MR) is 77.3 cm³/mol. The van der Waals surface area contributed by atoms with Gasteiger partial charge < -0.3 is 10.3 Å². The lowest BCUT2D eigenvalue weighted by Gasteiger charge is -2.24. The van der Waals surface area contributed by atoms with E-state index < -0.39 is 20.8 Å². The molecule has 0 spiro atoms. The minimum absolute atomic E-state index is 0.303. The van der Waals surface area contributed by atoms with Crippen LogP contribution in [0, 0.1) is 0 Å². The Bertz CT molecular complexity index is 597. The molecule has 2 heterocycles. The highest BCUT2D eigenvalue weighted by Crippen LogP contribution is 2.21. The van der Waals surface area contributed by atoms with E-state index in [0.29, 0.717) is 42.1 Å². The molecule has 0 radical (unpaired) electrons. The van der Waals surface area contributed by atoms with Crippen LogP contribution in [-0.4, -0.2) is 52.6 Å². The topological polar surface area (TPSA) is 82.3 Å². The van der Waals surface area contributed by atoms with Gasteiger partial charge in [-0.2, -0.15) is 4.31 Å². The summed E-state index contributed by atoms with van der Waals surface area (Å²) in [6, 6.07) is 2.28. The van der Waals surface area contributed by atoms with Gasteiger partial charge in [0.1, 0.15) is 0 Å². The first-order valence-electron chi connectivity index (χ1n) is 6.81. The number of sulfonamides is 1. The van der Waals surface area contributed by atoms with Crippen molar-refractivity contribution < 1.29 is 12.6 Å². The maximum Gasteiger partial charge on any atom is 0.244 e. The van der Waals surface area contributed by atoms with E-state index in [9.17, 15) is 12.6 Å². The van der Waals surface area contributed by atoms with Crippen LogP contribution in [0.4, 0.5) is 0 Å². The van der Waals surface area contributed by atoms with E-state index in [-0.39, 0.29) is 0 Å². The van der Waals surface area contributed by atoms with Crippen LogP contribution in [0.1, 0.15) is 18.5 Å². The zero-order valence-corrected chi connectivity index (χ0v) is 12.8. The van der Waals surface area contributed by atoms with Crippen LogP contribution in [0.3, 0.4) is 0 Å². The van der Waals surface area contributed by atoms with Crippen LogP contribution in [0.2, 0.25) is 0 Å². The first-order valence-corrected chi connectivity index (χ1v) is 9.74. The summed E-state index contributed by atoms with van der Waals surface area (Å²) in [5, 5.41) is 3.34. The lowest BCUT2D eigenvalue weighted by Crippen LogP contribution is -2.41. The normalized spacial score (nSPS) is 22.2. The summed E-state index contributed by atoms with van der Waals surface area (Å²) in [5.41, 5.74) is 0.885. The average molecular weight is 317 g/mol. The van der Waals surface area contributed by atoms with Crippen molar-refractivity contribution in [1.29, 1.82) is 0 Å². The van der Waals surface area contributed by atoms with Crippen molar-refractivity contribution in [2.24, 2.45) is 0 Å². The Morgan fingerprint density at radius 3 is 2.70 bits per heavy atom. The van der Waals surface area contributed by atoms with Gasteiger partial charge in [-0.05, 0) is 18.9 Å². The molecule has 1 aromatic rings. The Labute approximate surface area is 121 Å². The molecule has 1 saturated carbocycles. The molecule has 0 atom stereocenters. The summed E-state index contributed by atoms with van der Waals surface area (Å²) in [5.74, 6) is 0.861. The molecule has 20 heavy (non-hydrogen) atoms. The minimum atomic E-state index is -3.45. The van der Waals surface area contributed by atoms with Crippen molar-refractivity contribution >= 4 is 20.8 Å². The highest BCUT2D eigenvalue weighted by atomic mass is 32.2. The second-order valence-electron chi connectivity index (χ2n) is 5.27. The summed E-state index contributed by atoms with van der Waals surface area (Å²) in [4.78, 5) is 3.32. The van der Waals surface area contributed by atoms with Crippen molar-refractivity contribution in [2.45, 2.75) is 30.3 Å². The minimum Gasteiger partial charge on any atom is -0.363 e. The van der Waals surface area contributed by atoms with Crippen molar-refractivity contribution in [3.05, 3.63) is 18.0 Å². The maximum atomic E-state index is 12.4. The van der Waals surface area contributed by atoms with Gasteiger partial charge >= 0.3 is 0 Å². The van der Waals surface area contributed by atoms with Gasteiger partial charge in [-0.25, -0.2) is 8.42 Å². The number of nitrogens with zero attached hydrogens (tertiary/aromatic N) is 1. The molecule has 2 fully saturated rings. The van der Waals surface area contributed by atoms with Crippen molar-refractivity contribution in [2.75, 3.05) is 24.6 Å². The first-order chi connectivity index (χ1) is 9.55. The van der Waals surface area contributed by atoms with Gasteiger partial charge in [0.05, 0.1) is 4.90 Å². The largest absolute Gasteiger partial charge is 0.363 e. The number of rotatable bonds is 5. The molecule has 1 aliphatic heterocycles. The lowest BCUT2D eigenvalue weighted by atomic mass is 10.4. The van der Waals surface area contributed by atoms with Crippen LogP contribution >= 0.6 is 0 Å². The van der Waals surface area contributed by atoms with Gasteiger partial charge in [-0.3, -0.25) is 4.21 Å². The Kier molecular flexibility index (Phi) is 3.98. The van der Waals surface area contributed by atoms with Crippen molar-refractivity contribution in [3.63, 3.8) is 0 Å². The van der Waals surface area contributed by atoms with E-state index in [2.05, 4.69) is 10.3 Å². The Hall–Kier alpha value is -0.700. The smallest absolute Gasteiger partial charge is 0.244 e. The van der Waals surface area contributed by atoms with Crippen LogP contribution in [0.25, 0.3) is 0 Å². The van der Waals surface area contributed by atoms with Gasteiger partial charge in [0.15, 0.2) is 0 Å². The number of H-pyrrole nitrogens is 1. The maximum absolute atomic E-state index is 12.4. The molecule has 112 valence electrons. The predicted octanol–water partition coefficient (Wildman–Crippen LogP) is 0.0197. The van der Waals surface area contributed by atoms with Crippen molar-refractivity contribution in [1.82, 2.24) is 14.6 Å². The highest BCUT2D eigenvalue weighted by molar-refractivity contribution is 7.89. The molecule has 0 amide bonds. The highest BCUT2D eigenvalue weighted by Gasteiger charge is 2.29. The third-order valence-corrected chi connectivity index (χ3v) is 6.80. The molecule has 0 bridgehead atoms. The van der Waals surface area contributed by atoms with E-state index in [0.717, 1.165) is 5.69 Å². The lowest BCUT2D eigenvalue weighted by molar-refractivity contribution is 0.439. The number of aromatic amines is 1. The number of hydrogen-bond acceptors (Lipinski definition) is 4. The fourth-order valence-electron chi connectivity index (χ4n) is 2.22. The average Bonchev–Trinajstić information content (AvgIpc) is 3.13. The van der Waals surface area contributed by atoms with E-state index in [1.165, 1.54) is 17.1 Å². The van der Waals surface area contributed by atoms with Gasteiger partial charge in [0.25, 0.3) is 0 Å². The molecule has 8 heteroatoms. The fraction of sp³-hybridized carbons (Fsp3) is 0.667. The Balaban J connectivity index is 1.68. The molecule has 1 aliphatic carbocycles. The van der Waals surface area contributed by atoms with E-state index >= 15 is 0 Å². The fourth-order valence-corrected chi connectivity index (χ4v) is 4.97. The van der Waals surface area contributed by atoms with Gasteiger partial charge in [-0.1, -0.05) is 0 Å². The van der Waals surface area contributed by atoms with Gasteiger partial charge in [0, 0.05) is 59.9 Å². The second kappa shape index (κ2) is 5.59. The molecular weight excluding hydrogens is 298 g/mol. The summed E-state index contributed by atoms with van der Waals surface area (Å²) >= 11 is 0.